The highest BCUT2D eigenvalue weighted by Crippen LogP contribution is 2.32. The van der Waals surface area contributed by atoms with Crippen molar-refractivity contribution in [3.05, 3.63) is 22.5 Å². The Kier molecular flexibility index (Phi) is 1.96. The van der Waals surface area contributed by atoms with Gasteiger partial charge in [-0.05, 0) is 19.4 Å². The number of nitrogens with zero attached hydrogens (tertiary/aromatic N) is 1. The van der Waals surface area contributed by atoms with E-state index in [9.17, 15) is 9.36 Å². The molecule has 0 saturated heterocycles. The van der Waals surface area contributed by atoms with Crippen LogP contribution in [0.15, 0.2) is 16.9 Å². The maximum Gasteiger partial charge on any atom is 0.264 e. The number of hydrogen-bond acceptors (Lipinski definition) is 3. The molecule has 0 spiro atoms. The Morgan fingerprint density at radius 3 is 2.45 bits per heavy atom. The second kappa shape index (κ2) is 2.62. The molecule has 0 radical (unpaired) electrons. The molecular formula is C6H9N2O2P. The lowest BCUT2D eigenvalue weighted by atomic mass is 10.6. The van der Waals surface area contributed by atoms with Gasteiger partial charge in [0.25, 0.3) is 5.56 Å². The Morgan fingerprint density at radius 1 is 1.45 bits per heavy atom. The molecule has 0 unspecified atom stereocenters. The van der Waals surface area contributed by atoms with Crippen LogP contribution in [-0.4, -0.2) is 23.5 Å². The summed E-state index contributed by atoms with van der Waals surface area (Å²) >= 11 is 0. The highest BCUT2D eigenvalue weighted by Gasteiger charge is 2.11. The third-order valence-corrected chi connectivity index (χ3v) is 2.57. The fourth-order valence-electron chi connectivity index (χ4n) is 0.637. The van der Waals surface area contributed by atoms with E-state index in [1.165, 1.54) is 12.1 Å². The first-order valence-electron chi connectivity index (χ1n) is 3.11. The van der Waals surface area contributed by atoms with Crippen molar-refractivity contribution in [3.8, 4) is 0 Å². The molecule has 1 heterocycles. The first kappa shape index (κ1) is 8.21. The summed E-state index contributed by atoms with van der Waals surface area (Å²) in [5.74, 6) is 0. The molecule has 0 amide bonds. The summed E-state index contributed by atoms with van der Waals surface area (Å²) in [6.45, 7) is 3.21. The molecule has 11 heavy (non-hydrogen) atoms. The molecule has 60 valence electrons. The minimum atomic E-state index is -2.32. The van der Waals surface area contributed by atoms with E-state index in [0.29, 0.717) is 5.44 Å². The summed E-state index contributed by atoms with van der Waals surface area (Å²) in [5, 5.41) is 5.88. The Bertz CT molecular complexity index is 331. The van der Waals surface area contributed by atoms with Crippen molar-refractivity contribution in [2.24, 2.45) is 0 Å². The molecule has 0 bridgehead atoms. The first-order valence-corrected chi connectivity index (χ1v) is 5.71. The van der Waals surface area contributed by atoms with E-state index >= 15 is 0 Å². The molecule has 0 aliphatic carbocycles. The summed E-state index contributed by atoms with van der Waals surface area (Å²) in [7, 11) is -2.32. The van der Waals surface area contributed by atoms with Gasteiger partial charge in [-0.3, -0.25) is 4.79 Å². The minimum Gasteiger partial charge on any atom is -0.318 e. The number of rotatable bonds is 1. The number of hydrogen-bond donors (Lipinski definition) is 1. The van der Waals surface area contributed by atoms with Crippen LogP contribution in [0, 0.1) is 0 Å². The van der Waals surface area contributed by atoms with Crippen LogP contribution in [0.25, 0.3) is 0 Å². The van der Waals surface area contributed by atoms with E-state index in [-0.39, 0.29) is 5.56 Å². The molecule has 0 aliphatic heterocycles. The van der Waals surface area contributed by atoms with Gasteiger partial charge in [-0.1, -0.05) is 0 Å². The smallest absolute Gasteiger partial charge is 0.264 e. The average molecular weight is 172 g/mol. The van der Waals surface area contributed by atoms with Gasteiger partial charge in [0.05, 0.1) is 0 Å². The van der Waals surface area contributed by atoms with Crippen LogP contribution in [0.3, 0.4) is 0 Å². The van der Waals surface area contributed by atoms with Gasteiger partial charge in [0, 0.05) is 6.07 Å². The van der Waals surface area contributed by atoms with Gasteiger partial charge in [0.15, 0.2) is 0 Å². The van der Waals surface area contributed by atoms with Crippen molar-refractivity contribution in [1.29, 1.82) is 0 Å². The van der Waals surface area contributed by atoms with Gasteiger partial charge >= 0.3 is 0 Å². The van der Waals surface area contributed by atoms with Crippen LogP contribution in [0.4, 0.5) is 0 Å². The summed E-state index contributed by atoms with van der Waals surface area (Å²) < 4.78 is 11.3. The summed E-state index contributed by atoms with van der Waals surface area (Å²) in [4.78, 5) is 10.5. The third kappa shape index (κ3) is 2.02. The summed E-state index contributed by atoms with van der Waals surface area (Å²) in [6, 6.07) is 2.81. The highest BCUT2D eigenvalue weighted by molar-refractivity contribution is 7.69. The maximum atomic E-state index is 11.3. The predicted octanol–water partition coefficient (Wildman–Crippen LogP) is 0.0179. The van der Waals surface area contributed by atoms with Crippen molar-refractivity contribution in [2.75, 3.05) is 13.3 Å². The molecule has 4 nitrogen and oxygen atoms in total. The lowest BCUT2D eigenvalue weighted by Gasteiger charge is -2.02. The van der Waals surface area contributed by atoms with Crippen molar-refractivity contribution >= 4 is 12.6 Å². The van der Waals surface area contributed by atoms with Crippen LogP contribution >= 0.6 is 7.14 Å². The van der Waals surface area contributed by atoms with Crippen LogP contribution in [-0.2, 0) is 4.57 Å². The molecule has 1 aromatic rings. The fraction of sp³-hybridized carbons (Fsp3) is 0.333. The fourth-order valence-corrected chi connectivity index (χ4v) is 1.36. The van der Waals surface area contributed by atoms with Gasteiger partial charge in [0.2, 0.25) is 0 Å². The molecule has 1 rings (SSSR count). The zero-order valence-electron chi connectivity index (χ0n) is 6.37. The normalized spacial score (nSPS) is 11.5. The molecule has 0 atom stereocenters. The molecule has 0 aliphatic rings. The Hall–Kier alpha value is -0.890. The maximum absolute atomic E-state index is 11.3. The van der Waals surface area contributed by atoms with E-state index in [0.717, 1.165) is 0 Å². The van der Waals surface area contributed by atoms with Crippen LogP contribution in [0.2, 0.25) is 0 Å². The monoisotopic (exact) mass is 172 g/mol. The number of aromatic nitrogens is 2. The van der Waals surface area contributed by atoms with Gasteiger partial charge in [0.1, 0.15) is 12.6 Å². The Labute approximate surface area is 64.0 Å². The standard InChI is InChI=1S/C6H9N2O2P/c1-11(2,10)6-4-3-5(9)7-8-6/h3-4H,1-2H3,(H,7,9). The lowest BCUT2D eigenvalue weighted by Crippen LogP contribution is -2.16. The quantitative estimate of drug-likeness (QED) is 0.607. The lowest BCUT2D eigenvalue weighted by molar-refractivity contribution is 0.587. The SMILES string of the molecule is CP(C)(=O)c1ccc(=O)[nH]n1. The van der Waals surface area contributed by atoms with E-state index < -0.39 is 7.14 Å². The van der Waals surface area contributed by atoms with E-state index in [2.05, 4.69) is 10.2 Å². The zero-order valence-corrected chi connectivity index (χ0v) is 7.26. The molecule has 0 saturated carbocycles. The second-order valence-electron chi connectivity index (χ2n) is 2.63. The minimum absolute atomic E-state index is 0.276. The topological polar surface area (TPSA) is 62.8 Å². The Balaban J connectivity index is 3.20. The molecule has 1 N–H and O–H groups in total. The van der Waals surface area contributed by atoms with Crippen LogP contribution in [0.1, 0.15) is 0 Å². The van der Waals surface area contributed by atoms with Gasteiger partial charge in [-0.2, -0.15) is 5.10 Å². The highest BCUT2D eigenvalue weighted by atomic mass is 31.2. The second-order valence-corrected chi connectivity index (χ2v) is 5.79. The first-order chi connectivity index (χ1) is 5.00. The summed E-state index contributed by atoms with van der Waals surface area (Å²) in [5.41, 5.74) is 0.180. The molecule has 0 aromatic carbocycles. The molecule has 0 fully saturated rings. The molecule has 5 heteroatoms. The number of H-pyrrole nitrogens is 1. The predicted molar refractivity (Wildman–Crippen MR) is 43.9 cm³/mol. The van der Waals surface area contributed by atoms with Gasteiger partial charge < -0.3 is 4.57 Å². The van der Waals surface area contributed by atoms with Gasteiger partial charge in [-0.25, -0.2) is 5.10 Å². The zero-order chi connectivity index (χ0) is 8.48. The van der Waals surface area contributed by atoms with E-state index in [4.69, 9.17) is 0 Å². The molecule has 1 aromatic heterocycles. The van der Waals surface area contributed by atoms with Crippen LogP contribution in [0.5, 0.6) is 0 Å². The average Bonchev–Trinajstić information content (AvgIpc) is 1.86. The number of nitrogens with one attached hydrogen (secondary N) is 1. The summed E-state index contributed by atoms with van der Waals surface area (Å²) in [6.07, 6.45) is 0. The largest absolute Gasteiger partial charge is 0.318 e. The van der Waals surface area contributed by atoms with Gasteiger partial charge in [-0.15, -0.1) is 0 Å². The van der Waals surface area contributed by atoms with Crippen LogP contribution < -0.4 is 11.0 Å². The number of aromatic amines is 1. The third-order valence-electron chi connectivity index (χ3n) is 1.22. The van der Waals surface area contributed by atoms with Crippen molar-refractivity contribution < 1.29 is 4.57 Å². The van der Waals surface area contributed by atoms with Crippen molar-refractivity contribution in [1.82, 2.24) is 10.2 Å². The van der Waals surface area contributed by atoms with E-state index in [1.54, 1.807) is 13.3 Å². The van der Waals surface area contributed by atoms with Crippen molar-refractivity contribution in [3.63, 3.8) is 0 Å². The van der Waals surface area contributed by atoms with Crippen molar-refractivity contribution in [2.45, 2.75) is 0 Å². The molecular weight excluding hydrogens is 163 g/mol. The Morgan fingerprint density at radius 2 is 2.09 bits per heavy atom. The van der Waals surface area contributed by atoms with E-state index in [1.807, 2.05) is 0 Å².